The van der Waals surface area contributed by atoms with Gasteiger partial charge in [0.25, 0.3) is 0 Å². The Hall–Kier alpha value is -0.960. The lowest BCUT2D eigenvalue weighted by Crippen LogP contribution is -2.09. The molecule has 0 bridgehead atoms. The topological polar surface area (TPSA) is 45.5 Å². The van der Waals surface area contributed by atoms with Gasteiger partial charge in [0.05, 0.1) is 15.6 Å². The molecule has 0 fully saturated rings. The Morgan fingerprint density at radius 2 is 2.14 bits per heavy atom. The lowest BCUT2D eigenvalue weighted by Gasteiger charge is -2.11. The second-order valence-electron chi connectivity index (χ2n) is 3.94. The first-order valence-corrected chi connectivity index (χ1v) is 8.19. The van der Waals surface area contributed by atoms with E-state index in [2.05, 4.69) is 10.1 Å². The molecule has 0 amide bonds. The molecule has 2 heterocycles. The van der Waals surface area contributed by atoms with Gasteiger partial charge < -0.3 is 5.21 Å². The van der Waals surface area contributed by atoms with Crippen LogP contribution in [0.5, 0.6) is 0 Å². The van der Waals surface area contributed by atoms with Gasteiger partial charge in [-0.15, -0.1) is 23.1 Å². The number of hydrogen-bond acceptors (Lipinski definition) is 5. The summed E-state index contributed by atoms with van der Waals surface area (Å²) in [6.45, 7) is 0. The molecular formula is C12H7Cl2F3N2OS2. The maximum atomic E-state index is 12.9. The van der Waals surface area contributed by atoms with E-state index in [0.29, 0.717) is 14.2 Å². The maximum Gasteiger partial charge on any atom is 0.418 e. The molecule has 2 rings (SSSR count). The molecule has 0 saturated heterocycles. The minimum Gasteiger partial charge on any atom is -0.411 e. The normalized spacial score (nSPS) is 12.7. The van der Waals surface area contributed by atoms with Crippen LogP contribution in [0.4, 0.5) is 13.2 Å². The zero-order valence-electron chi connectivity index (χ0n) is 10.6. The lowest BCUT2D eigenvalue weighted by atomic mass is 10.2. The standard InChI is InChI=1S/C12H7Cl2F3N2OS2/c13-10-3-6(11(14)22-10)8(19-20)5-21-9-1-2-18-4-7(9)12(15,16)17/h1-4,20H,5H2/b19-8+. The highest BCUT2D eigenvalue weighted by atomic mass is 35.5. The molecule has 0 aliphatic heterocycles. The van der Waals surface area contributed by atoms with Crippen LogP contribution in [0.2, 0.25) is 8.67 Å². The second-order valence-corrected chi connectivity index (χ2v) is 7.25. The summed E-state index contributed by atoms with van der Waals surface area (Å²) in [5.74, 6) is -0.00360. The number of thiophene rings is 1. The third-order valence-corrected chi connectivity index (χ3v) is 5.11. The number of hydrogen-bond donors (Lipinski definition) is 1. The van der Waals surface area contributed by atoms with E-state index in [1.165, 1.54) is 18.3 Å². The molecule has 2 aromatic rings. The van der Waals surface area contributed by atoms with Gasteiger partial charge in [-0.2, -0.15) is 13.2 Å². The number of oxime groups is 1. The van der Waals surface area contributed by atoms with Gasteiger partial charge in [-0.3, -0.25) is 4.98 Å². The van der Waals surface area contributed by atoms with Gasteiger partial charge in [0.15, 0.2) is 0 Å². The summed E-state index contributed by atoms with van der Waals surface area (Å²) in [7, 11) is 0. The van der Waals surface area contributed by atoms with Crippen LogP contribution in [-0.2, 0) is 6.18 Å². The van der Waals surface area contributed by atoms with Crippen molar-refractivity contribution in [2.45, 2.75) is 11.1 Å². The van der Waals surface area contributed by atoms with E-state index in [1.807, 2.05) is 0 Å². The summed E-state index contributed by atoms with van der Waals surface area (Å²) < 4.78 is 39.3. The van der Waals surface area contributed by atoms with Gasteiger partial charge in [0, 0.05) is 28.6 Å². The van der Waals surface area contributed by atoms with E-state index in [4.69, 9.17) is 28.4 Å². The lowest BCUT2D eigenvalue weighted by molar-refractivity contribution is -0.140. The molecule has 1 N–H and O–H groups in total. The van der Waals surface area contributed by atoms with E-state index in [-0.39, 0.29) is 16.4 Å². The van der Waals surface area contributed by atoms with Crippen molar-refractivity contribution in [3.05, 3.63) is 44.3 Å². The molecule has 3 nitrogen and oxygen atoms in total. The molecule has 22 heavy (non-hydrogen) atoms. The predicted octanol–water partition coefficient (Wildman–Crippen LogP) is 5.44. The number of aromatic nitrogens is 1. The van der Waals surface area contributed by atoms with Crippen molar-refractivity contribution in [2.24, 2.45) is 5.16 Å². The van der Waals surface area contributed by atoms with E-state index in [1.54, 1.807) is 0 Å². The minimum atomic E-state index is -4.50. The number of rotatable bonds is 4. The first-order chi connectivity index (χ1) is 10.3. The number of thioether (sulfide) groups is 1. The molecule has 0 spiro atoms. The summed E-state index contributed by atoms with van der Waals surface area (Å²) >= 11 is 13.7. The number of nitrogens with zero attached hydrogens (tertiary/aromatic N) is 2. The Kier molecular flexibility index (Phi) is 5.60. The summed E-state index contributed by atoms with van der Waals surface area (Å²) in [5, 5.41) is 12.2. The molecule has 118 valence electrons. The fourth-order valence-corrected chi connectivity index (χ4v) is 4.06. The van der Waals surface area contributed by atoms with Crippen LogP contribution < -0.4 is 0 Å². The quantitative estimate of drug-likeness (QED) is 0.329. The van der Waals surface area contributed by atoms with Gasteiger partial charge in [-0.25, -0.2) is 0 Å². The average molecular weight is 387 g/mol. The smallest absolute Gasteiger partial charge is 0.411 e. The molecule has 0 aromatic carbocycles. The summed E-state index contributed by atoms with van der Waals surface area (Å²) in [5.41, 5.74) is -0.302. The van der Waals surface area contributed by atoms with Crippen LogP contribution in [0.1, 0.15) is 11.1 Å². The van der Waals surface area contributed by atoms with E-state index in [9.17, 15) is 13.2 Å². The van der Waals surface area contributed by atoms with Crippen molar-refractivity contribution in [3.8, 4) is 0 Å². The molecule has 0 aliphatic rings. The van der Waals surface area contributed by atoms with Crippen molar-refractivity contribution in [3.63, 3.8) is 0 Å². The Balaban J connectivity index is 2.21. The van der Waals surface area contributed by atoms with Crippen molar-refractivity contribution < 1.29 is 18.4 Å². The number of halogens is 5. The minimum absolute atomic E-state index is 0.00360. The molecule has 0 aliphatic carbocycles. The van der Waals surface area contributed by atoms with Gasteiger partial charge >= 0.3 is 6.18 Å². The van der Waals surface area contributed by atoms with E-state index < -0.39 is 11.7 Å². The molecule has 10 heteroatoms. The Labute approximate surface area is 141 Å². The third-order valence-electron chi connectivity index (χ3n) is 2.54. The highest BCUT2D eigenvalue weighted by molar-refractivity contribution is 8.00. The molecule has 0 unspecified atom stereocenters. The van der Waals surface area contributed by atoms with E-state index in [0.717, 1.165) is 29.3 Å². The first-order valence-electron chi connectivity index (χ1n) is 5.63. The molecule has 0 saturated carbocycles. The Bertz CT molecular complexity index is 704. The van der Waals surface area contributed by atoms with Gasteiger partial charge in [-0.1, -0.05) is 28.4 Å². The maximum absolute atomic E-state index is 12.9. The molecule has 0 atom stereocenters. The summed E-state index contributed by atoms with van der Waals surface area (Å²) in [4.78, 5) is 3.47. The first kappa shape index (κ1) is 17.4. The zero-order chi connectivity index (χ0) is 16.3. The number of pyridine rings is 1. The highest BCUT2D eigenvalue weighted by Crippen LogP contribution is 2.37. The molecule has 0 radical (unpaired) electrons. The monoisotopic (exact) mass is 386 g/mol. The fraction of sp³-hybridized carbons (Fsp3) is 0.167. The largest absolute Gasteiger partial charge is 0.418 e. The van der Waals surface area contributed by atoms with Crippen LogP contribution >= 0.6 is 46.3 Å². The van der Waals surface area contributed by atoms with Crippen molar-refractivity contribution >= 4 is 52.0 Å². The fourth-order valence-electron chi connectivity index (χ4n) is 1.56. The number of alkyl halides is 3. The van der Waals surface area contributed by atoms with Gasteiger partial charge in [0.1, 0.15) is 4.34 Å². The average Bonchev–Trinajstić information content (AvgIpc) is 2.78. The van der Waals surface area contributed by atoms with Gasteiger partial charge in [-0.05, 0) is 12.1 Å². The van der Waals surface area contributed by atoms with Gasteiger partial charge in [0.2, 0.25) is 0 Å². The Morgan fingerprint density at radius 1 is 1.41 bits per heavy atom. The second kappa shape index (κ2) is 7.08. The SMILES string of the molecule is O/N=C(\CSc1ccncc1C(F)(F)F)c1cc(Cl)sc1Cl. The Morgan fingerprint density at radius 3 is 2.68 bits per heavy atom. The van der Waals surface area contributed by atoms with Crippen LogP contribution in [0.25, 0.3) is 0 Å². The van der Waals surface area contributed by atoms with Crippen molar-refractivity contribution in [1.29, 1.82) is 0 Å². The molecular weight excluding hydrogens is 380 g/mol. The predicted molar refractivity (Wildman–Crippen MR) is 82.6 cm³/mol. The van der Waals surface area contributed by atoms with E-state index >= 15 is 0 Å². The van der Waals surface area contributed by atoms with Crippen molar-refractivity contribution in [1.82, 2.24) is 4.98 Å². The van der Waals surface area contributed by atoms with Crippen LogP contribution in [-0.4, -0.2) is 21.7 Å². The third kappa shape index (κ3) is 4.07. The van der Waals surface area contributed by atoms with Crippen LogP contribution in [0, 0.1) is 0 Å². The summed E-state index contributed by atoms with van der Waals surface area (Å²) in [6.07, 6.45) is -2.48. The van der Waals surface area contributed by atoms with Crippen molar-refractivity contribution in [2.75, 3.05) is 5.75 Å². The zero-order valence-corrected chi connectivity index (χ0v) is 13.7. The summed E-state index contributed by atoms with van der Waals surface area (Å²) in [6, 6.07) is 2.76. The molecule has 2 aromatic heterocycles. The van der Waals surface area contributed by atoms with Crippen LogP contribution in [0.3, 0.4) is 0 Å². The highest BCUT2D eigenvalue weighted by Gasteiger charge is 2.33. The van der Waals surface area contributed by atoms with Crippen LogP contribution in [0.15, 0.2) is 34.6 Å².